The van der Waals surface area contributed by atoms with Crippen LogP contribution in [-0.2, 0) is 0 Å². The molecular formula is C11H20N4O. The van der Waals surface area contributed by atoms with Crippen LogP contribution in [0.5, 0.6) is 0 Å². The summed E-state index contributed by atoms with van der Waals surface area (Å²) in [5, 5.41) is 9.23. The van der Waals surface area contributed by atoms with Crippen molar-refractivity contribution in [2.45, 2.75) is 26.3 Å². The van der Waals surface area contributed by atoms with E-state index in [1.807, 2.05) is 0 Å². The number of nitrogens with one attached hydrogen (secondary N) is 2. The standard InChI is InChI=1S/C11H20N4O/c1-9(2)15(3)6-4-5-12-10-7-11(16)14-13-8-10/h7-9H,4-6H2,1-3H3,(H2,12,14,16). The second-order valence-electron chi connectivity index (χ2n) is 4.19. The van der Waals surface area contributed by atoms with Crippen molar-refractivity contribution in [3.63, 3.8) is 0 Å². The predicted octanol–water partition coefficient (Wildman–Crippen LogP) is 0.912. The van der Waals surface area contributed by atoms with Crippen molar-refractivity contribution in [1.82, 2.24) is 15.1 Å². The van der Waals surface area contributed by atoms with E-state index in [0.717, 1.165) is 25.2 Å². The fourth-order valence-corrected chi connectivity index (χ4v) is 1.29. The van der Waals surface area contributed by atoms with E-state index < -0.39 is 0 Å². The molecule has 0 spiro atoms. The average molecular weight is 224 g/mol. The summed E-state index contributed by atoms with van der Waals surface area (Å²) in [5.41, 5.74) is 0.597. The lowest BCUT2D eigenvalue weighted by atomic mass is 10.3. The normalized spacial score (nSPS) is 11.1. The van der Waals surface area contributed by atoms with Crippen LogP contribution in [0.15, 0.2) is 17.1 Å². The molecule has 90 valence electrons. The van der Waals surface area contributed by atoms with Crippen LogP contribution in [-0.4, -0.2) is 41.3 Å². The van der Waals surface area contributed by atoms with Gasteiger partial charge in [-0.25, -0.2) is 5.10 Å². The van der Waals surface area contributed by atoms with Crippen molar-refractivity contribution in [3.8, 4) is 0 Å². The molecule has 0 fully saturated rings. The minimum atomic E-state index is -0.177. The first-order chi connectivity index (χ1) is 7.59. The molecule has 16 heavy (non-hydrogen) atoms. The highest BCUT2D eigenvalue weighted by atomic mass is 16.1. The lowest BCUT2D eigenvalue weighted by Crippen LogP contribution is -2.28. The molecule has 0 bridgehead atoms. The third kappa shape index (κ3) is 4.44. The van der Waals surface area contributed by atoms with Gasteiger partial charge in [0.05, 0.1) is 11.9 Å². The Kier molecular flexibility index (Phi) is 4.98. The van der Waals surface area contributed by atoms with E-state index in [-0.39, 0.29) is 5.56 Å². The predicted molar refractivity (Wildman–Crippen MR) is 65.7 cm³/mol. The number of H-pyrrole nitrogens is 1. The summed E-state index contributed by atoms with van der Waals surface area (Å²) in [7, 11) is 2.11. The van der Waals surface area contributed by atoms with Gasteiger partial charge >= 0.3 is 0 Å². The van der Waals surface area contributed by atoms with Crippen molar-refractivity contribution >= 4 is 5.69 Å². The SMILES string of the molecule is CC(C)N(C)CCCNc1cn[nH]c(=O)c1. The minimum absolute atomic E-state index is 0.177. The van der Waals surface area contributed by atoms with Gasteiger partial charge < -0.3 is 10.2 Å². The third-order valence-corrected chi connectivity index (χ3v) is 2.56. The summed E-state index contributed by atoms with van der Waals surface area (Å²) < 4.78 is 0. The molecule has 0 saturated carbocycles. The summed E-state index contributed by atoms with van der Waals surface area (Å²) in [4.78, 5) is 13.2. The minimum Gasteiger partial charge on any atom is -0.384 e. The molecule has 0 saturated heterocycles. The zero-order chi connectivity index (χ0) is 12.0. The Balaban J connectivity index is 2.23. The molecule has 1 aromatic heterocycles. The van der Waals surface area contributed by atoms with Crippen molar-refractivity contribution < 1.29 is 0 Å². The second-order valence-corrected chi connectivity index (χ2v) is 4.19. The molecule has 1 heterocycles. The number of nitrogens with zero attached hydrogens (tertiary/aromatic N) is 2. The molecule has 0 aliphatic carbocycles. The number of aromatic nitrogens is 2. The van der Waals surface area contributed by atoms with Gasteiger partial charge in [0.2, 0.25) is 0 Å². The molecule has 0 aliphatic heterocycles. The molecule has 0 aliphatic rings. The van der Waals surface area contributed by atoms with Gasteiger partial charge in [-0.15, -0.1) is 0 Å². The Morgan fingerprint density at radius 3 is 2.94 bits per heavy atom. The lowest BCUT2D eigenvalue weighted by molar-refractivity contribution is 0.273. The van der Waals surface area contributed by atoms with Gasteiger partial charge in [-0.05, 0) is 33.9 Å². The van der Waals surface area contributed by atoms with Crippen LogP contribution in [0.1, 0.15) is 20.3 Å². The molecule has 0 aromatic carbocycles. The van der Waals surface area contributed by atoms with Crippen LogP contribution < -0.4 is 10.9 Å². The van der Waals surface area contributed by atoms with Gasteiger partial charge in [-0.1, -0.05) is 0 Å². The molecule has 1 aromatic rings. The fraction of sp³-hybridized carbons (Fsp3) is 0.636. The third-order valence-electron chi connectivity index (χ3n) is 2.56. The van der Waals surface area contributed by atoms with Crippen molar-refractivity contribution in [1.29, 1.82) is 0 Å². The van der Waals surface area contributed by atoms with Gasteiger partial charge in [0, 0.05) is 18.7 Å². The maximum atomic E-state index is 11.0. The summed E-state index contributed by atoms with van der Waals surface area (Å²) in [6.07, 6.45) is 2.66. The number of rotatable bonds is 6. The number of hydrogen-bond acceptors (Lipinski definition) is 4. The Bertz CT molecular complexity index is 361. The highest BCUT2D eigenvalue weighted by Crippen LogP contribution is 2.00. The van der Waals surface area contributed by atoms with E-state index in [0.29, 0.717) is 6.04 Å². The highest BCUT2D eigenvalue weighted by Gasteiger charge is 2.01. The summed E-state index contributed by atoms with van der Waals surface area (Å²) in [6, 6.07) is 2.08. The van der Waals surface area contributed by atoms with E-state index in [4.69, 9.17) is 0 Å². The summed E-state index contributed by atoms with van der Waals surface area (Å²) >= 11 is 0. The number of anilines is 1. The lowest BCUT2D eigenvalue weighted by Gasteiger charge is -2.20. The van der Waals surface area contributed by atoms with Gasteiger partial charge in [-0.2, -0.15) is 5.10 Å². The Hall–Kier alpha value is -1.36. The molecule has 0 amide bonds. The quantitative estimate of drug-likeness (QED) is 0.705. The van der Waals surface area contributed by atoms with Gasteiger partial charge in [0.15, 0.2) is 0 Å². The van der Waals surface area contributed by atoms with E-state index >= 15 is 0 Å². The summed E-state index contributed by atoms with van der Waals surface area (Å²) in [5.74, 6) is 0. The highest BCUT2D eigenvalue weighted by molar-refractivity contribution is 5.38. The van der Waals surface area contributed by atoms with Crippen LogP contribution in [0.4, 0.5) is 5.69 Å². The molecule has 2 N–H and O–H groups in total. The molecule has 0 radical (unpaired) electrons. The Labute approximate surface area is 95.9 Å². The van der Waals surface area contributed by atoms with Crippen molar-refractivity contribution in [2.75, 3.05) is 25.5 Å². The van der Waals surface area contributed by atoms with E-state index in [1.165, 1.54) is 6.07 Å². The molecule has 5 nitrogen and oxygen atoms in total. The first-order valence-corrected chi connectivity index (χ1v) is 5.58. The van der Waals surface area contributed by atoms with Gasteiger partial charge in [0.1, 0.15) is 0 Å². The van der Waals surface area contributed by atoms with Crippen LogP contribution in [0.25, 0.3) is 0 Å². The molecule has 0 unspecified atom stereocenters. The van der Waals surface area contributed by atoms with Crippen LogP contribution in [0.2, 0.25) is 0 Å². The smallest absolute Gasteiger partial charge is 0.266 e. The van der Waals surface area contributed by atoms with Crippen molar-refractivity contribution in [3.05, 3.63) is 22.6 Å². The van der Waals surface area contributed by atoms with Crippen LogP contribution in [0, 0.1) is 0 Å². The van der Waals surface area contributed by atoms with E-state index in [2.05, 4.69) is 41.3 Å². The first-order valence-electron chi connectivity index (χ1n) is 5.58. The Morgan fingerprint density at radius 2 is 2.31 bits per heavy atom. The zero-order valence-corrected chi connectivity index (χ0v) is 10.2. The fourth-order valence-electron chi connectivity index (χ4n) is 1.29. The monoisotopic (exact) mass is 224 g/mol. The topological polar surface area (TPSA) is 61.0 Å². The number of aromatic amines is 1. The van der Waals surface area contributed by atoms with Crippen molar-refractivity contribution in [2.24, 2.45) is 0 Å². The second kappa shape index (κ2) is 6.27. The average Bonchev–Trinajstić information content (AvgIpc) is 2.24. The number of hydrogen-bond donors (Lipinski definition) is 2. The molecular weight excluding hydrogens is 204 g/mol. The van der Waals surface area contributed by atoms with Gasteiger partial charge in [0.25, 0.3) is 5.56 Å². The van der Waals surface area contributed by atoms with Crippen LogP contribution >= 0.6 is 0 Å². The maximum Gasteiger partial charge on any atom is 0.266 e. The van der Waals surface area contributed by atoms with E-state index in [1.54, 1.807) is 6.20 Å². The van der Waals surface area contributed by atoms with E-state index in [9.17, 15) is 4.79 Å². The summed E-state index contributed by atoms with van der Waals surface area (Å²) in [6.45, 7) is 6.24. The molecule has 1 rings (SSSR count). The molecule has 5 heteroatoms. The Morgan fingerprint density at radius 1 is 1.56 bits per heavy atom. The molecule has 0 atom stereocenters. The van der Waals surface area contributed by atoms with Crippen LogP contribution in [0.3, 0.4) is 0 Å². The maximum absolute atomic E-state index is 11.0. The largest absolute Gasteiger partial charge is 0.384 e. The zero-order valence-electron chi connectivity index (χ0n) is 10.2. The first kappa shape index (κ1) is 12.7. The van der Waals surface area contributed by atoms with Gasteiger partial charge in [-0.3, -0.25) is 4.79 Å².